The molecule has 0 amide bonds. The fraction of sp³-hybridized carbons (Fsp3) is 0.353. The lowest BCUT2D eigenvalue weighted by Gasteiger charge is -2.36. The van der Waals surface area contributed by atoms with Crippen LogP contribution in [-0.4, -0.2) is 42.8 Å². The second kappa shape index (κ2) is 6.97. The standard InChI is InChI=1S/C17H19N5O/c1-2-23-15-4-3-7-19-17(15)22-10-8-21(9-11-22)16-6-5-14(12-18)13-20-16/h3-7,13H,2,8-11H2,1H3. The van der Waals surface area contributed by atoms with Crippen LogP contribution in [0.3, 0.4) is 0 Å². The summed E-state index contributed by atoms with van der Waals surface area (Å²) in [6.45, 7) is 6.05. The SMILES string of the molecule is CCOc1cccnc1N1CCN(c2ccc(C#N)cn2)CC1. The van der Waals surface area contributed by atoms with Crippen LogP contribution >= 0.6 is 0 Å². The average Bonchev–Trinajstić information content (AvgIpc) is 2.63. The van der Waals surface area contributed by atoms with Crippen LogP contribution in [0.4, 0.5) is 11.6 Å². The monoisotopic (exact) mass is 309 g/mol. The number of hydrogen-bond acceptors (Lipinski definition) is 6. The van der Waals surface area contributed by atoms with E-state index < -0.39 is 0 Å². The van der Waals surface area contributed by atoms with Crippen molar-refractivity contribution in [3.05, 3.63) is 42.2 Å². The average molecular weight is 309 g/mol. The van der Waals surface area contributed by atoms with E-state index in [9.17, 15) is 0 Å². The third-order valence-corrected chi connectivity index (χ3v) is 3.83. The van der Waals surface area contributed by atoms with Crippen LogP contribution in [0.1, 0.15) is 12.5 Å². The summed E-state index contributed by atoms with van der Waals surface area (Å²) in [6, 6.07) is 9.65. The van der Waals surface area contributed by atoms with Crippen molar-refractivity contribution in [3.8, 4) is 11.8 Å². The van der Waals surface area contributed by atoms with Crippen LogP contribution in [-0.2, 0) is 0 Å². The molecule has 0 aliphatic carbocycles. The number of aromatic nitrogens is 2. The molecule has 0 unspecified atom stereocenters. The first-order chi connectivity index (χ1) is 11.3. The van der Waals surface area contributed by atoms with Crippen molar-refractivity contribution in [1.29, 1.82) is 5.26 Å². The topological polar surface area (TPSA) is 65.3 Å². The van der Waals surface area contributed by atoms with Crippen molar-refractivity contribution < 1.29 is 4.74 Å². The third-order valence-electron chi connectivity index (χ3n) is 3.83. The van der Waals surface area contributed by atoms with Gasteiger partial charge in [-0.2, -0.15) is 5.26 Å². The molecule has 3 rings (SSSR count). The van der Waals surface area contributed by atoms with Gasteiger partial charge in [-0.15, -0.1) is 0 Å². The first-order valence-corrected chi connectivity index (χ1v) is 7.75. The van der Waals surface area contributed by atoms with Crippen molar-refractivity contribution in [2.45, 2.75) is 6.92 Å². The minimum Gasteiger partial charge on any atom is -0.490 e. The number of nitriles is 1. The van der Waals surface area contributed by atoms with E-state index in [4.69, 9.17) is 10.00 Å². The zero-order chi connectivity index (χ0) is 16.1. The van der Waals surface area contributed by atoms with Gasteiger partial charge in [-0.1, -0.05) is 0 Å². The lowest BCUT2D eigenvalue weighted by Crippen LogP contribution is -2.47. The zero-order valence-corrected chi connectivity index (χ0v) is 13.1. The molecule has 0 atom stereocenters. The highest BCUT2D eigenvalue weighted by molar-refractivity contribution is 5.54. The largest absolute Gasteiger partial charge is 0.490 e. The number of ether oxygens (including phenoxy) is 1. The lowest BCUT2D eigenvalue weighted by atomic mass is 10.2. The maximum Gasteiger partial charge on any atom is 0.171 e. The van der Waals surface area contributed by atoms with E-state index in [2.05, 4.69) is 25.8 Å². The Hall–Kier alpha value is -2.81. The highest BCUT2D eigenvalue weighted by Gasteiger charge is 2.21. The van der Waals surface area contributed by atoms with E-state index in [1.165, 1.54) is 0 Å². The summed E-state index contributed by atoms with van der Waals surface area (Å²) >= 11 is 0. The molecule has 0 N–H and O–H groups in total. The second-order valence-corrected chi connectivity index (χ2v) is 5.25. The molecule has 6 nitrogen and oxygen atoms in total. The second-order valence-electron chi connectivity index (χ2n) is 5.25. The summed E-state index contributed by atoms with van der Waals surface area (Å²) in [4.78, 5) is 13.3. The minimum atomic E-state index is 0.585. The van der Waals surface area contributed by atoms with Crippen molar-refractivity contribution in [2.75, 3.05) is 42.6 Å². The van der Waals surface area contributed by atoms with Crippen molar-refractivity contribution in [3.63, 3.8) is 0 Å². The van der Waals surface area contributed by atoms with Crippen molar-refractivity contribution in [2.24, 2.45) is 0 Å². The van der Waals surface area contributed by atoms with E-state index in [1.54, 1.807) is 18.5 Å². The van der Waals surface area contributed by atoms with Gasteiger partial charge in [-0.05, 0) is 31.2 Å². The minimum absolute atomic E-state index is 0.585. The molecule has 0 saturated carbocycles. The molecule has 3 heterocycles. The molecular formula is C17H19N5O. The number of nitrogens with zero attached hydrogens (tertiary/aromatic N) is 5. The highest BCUT2D eigenvalue weighted by atomic mass is 16.5. The van der Waals surface area contributed by atoms with Gasteiger partial charge in [0.15, 0.2) is 11.6 Å². The molecule has 2 aromatic rings. The van der Waals surface area contributed by atoms with Gasteiger partial charge in [0.05, 0.1) is 12.2 Å². The van der Waals surface area contributed by atoms with Crippen LogP contribution in [0.5, 0.6) is 5.75 Å². The first-order valence-electron chi connectivity index (χ1n) is 7.75. The number of hydrogen-bond donors (Lipinski definition) is 0. The Bertz CT molecular complexity index is 687. The van der Waals surface area contributed by atoms with E-state index in [1.807, 2.05) is 25.1 Å². The Labute approximate surface area is 136 Å². The molecule has 0 radical (unpaired) electrons. The molecule has 1 aliphatic heterocycles. The zero-order valence-electron chi connectivity index (χ0n) is 13.1. The van der Waals surface area contributed by atoms with Crippen molar-refractivity contribution >= 4 is 11.6 Å². The van der Waals surface area contributed by atoms with E-state index in [0.29, 0.717) is 12.2 Å². The number of anilines is 2. The lowest BCUT2D eigenvalue weighted by molar-refractivity contribution is 0.338. The summed E-state index contributed by atoms with van der Waals surface area (Å²) in [5.41, 5.74) is 0.585. The molecule has 23 heavy (non-hydrogen) atoms. The summed E-state index contributed by atoms with van der Waals surface area (Å²) < 4.78 is 5.67. The molecule has 1 fully saturated rings. The number of rotatable bonds is 4. The predicted octanol–water partition coefficient (Wildman–Crippen LogP) is 2.07. The Kier molecular flexibility index (Phi) is 4.57. The smallest absolute Gasteiger partial charge is 0.171 e. The molecule has 0 aromatic carbocycles. The molecule has 6 heteroatoms. The molecule has 1 saturated heterocycles. The Morgan fingerprint density at radius 3 is 2.57 bits per heavy atom. The molecule has 2 aromatic heterocycles. The van der Waals surface area contributed by atoms with Gasteiger partial charge in [0.1, 0.15) is 11.9 Å². The number of piperazine rings is 1. The van der Waals surface area contributed by atoms with Gasteiger partial charge in [0.25, 0.3) is 0 Å². The normalized spacial score (nSPS) is 14.4. The van der Waals surface area contributed by atoms with Crippen LogP contribution < -0.4 is 14.5 Å². The Morgan fingerprint density at radius 1 is 1.13 bits per heavy atom. The maximum absolute atomic E-state index is 8.84. The van der Waals surface area contributed by atoms with Gasteiger partial charge in [-0.3, -0.25) is 0 Å². The highest BCUT2D eigenvalue weighted by Crippen LogP contribution is 2.26. The fourth-order valence-electron chi connectivity index (χ4n) is 2.67. The molecular weight excluding hydrogens is 290 g/mol. The quantitative estimate of drug-likeness (QED) is 0.861. The first kappa shape index (κ1) is 15.1. The van der Waals surface area contributed by atoms with Crippen LogP contribution in [0.25, 0.3) is 0 Å². The van der Waals surface area contributed by atoms with E-state index in [-0.39, 0.29) is 0 Å². The van der Waals surface area contributed by atoms with Gasteiger partial charge in [-0.25, -0.2) is 9.97 Å². The van der Waals surface area contributed by atoms with Crippen molar-refractivity contribution in [1.82, 2.24) is 9.97 Å². The number of pyridine rings is 2. The summed E-state index contributed by atoms with van der Waals surface area (Å²) in [5, 5.41) is 8.84. The van der Waals surface area contributed by atoms with Crippen LogP contribution in [0, 0.1) is 11.3 Å². The summed E-state index contributed by atoms with van der Waals surface area (Å²) in [7, 11) is 0. The third kappa shape index (κ3) is 3.34. The maximum atomic E-state index is 8.84. The molecule has 0 spiro atoms. The van der Waals surface area contributed by atoms with Gasteiger partial charge < -0.3 is 14.5 Å². The molecule has 1 aliphatic rings. The van der Waals surface area contributed by atoms with E-state index >= 15 is 0 Å². The molecule has 0 bridgehead atoms. The van der Waals surface area contributed by atoms with Gasteiger partial charge in [0.2, 0.25) is 0 Å². The van der Waals surface area contributed by atoms with Gasteiger partial charge >= 0.3 is 0 Å². The van der Waals surface area contributed by atoms with E-state index in [0.717, 1.165) is 43.6 Å². The Balaban J connectivity index is 1.67. The van der Waals surface area contributed by atoms with Crippen LogP contribution in [0.2, 0.25) is 0 Å². The van der Waals surface area contributed by atoms with Crippen LogP contribution in [0.15, 0.2) is 36.7 Å². The Morgan fingerprint density at radius 2 is 1.91 bits per heavy atom. The summed E-state index contributed by atoms with van der Waals surface area (Å²) in [6.07, 6.45) is 3.42. The molecule has 118 valence electrons. The predicted molar refractivity (Wildman–Crippen MR) is 88.8 cm³/mol. The summed E-state index contributed by atoms with van der Waals surface area (Å²) in [5.74, 6) is 2.65. The van der Waals surface area contributed by atoms with Gasteiger partial charge in [0, 0.05) is 38.6 Å². The fourth-order valence-corrected chi connectivity index (χ4v) is 2.67.